The maximum atomic E-state index is 13.1. The van der Waals surface area contributed by atoms with Crippen molar-refractivity contribution in [1.82, 2.24) is 0 Å². The molecule has 0 aliphatic rings. The van der Waals surface area contributed by atoms with Gasteiger partial charge in [-0.2, -0.15) is 4.39 Å². The third-order valence-electron chi connectivity index (χ3n) is 2.07. The number of thiophene rings is 1. The summed E-state index contributed by atoms with van der Waals surface area (Å²) in [6, 6.07) is 4.37. The molecular weight excluding hydrogens is 205 g/mol. The van der Waals surface area contributed by atoms with Crippen molar-refractivity contribution in [2.24, 2.45) is 0 Å². The second-order valence-electron chi connectivity index (χ2n) is 2.94. The molecule has 2 rings (SSSR count). The number of hydrogen-bond acceptors (Lipinski definition) is 3. The Balaban J connectivity index is 2.76. The molecule has 0 amide bonds. The number of rotatable bonds is 1. The fourth-order valence-electron chi connectivity index (χ4n) is 1.29. The Morgan fingerprint density at radius 1 is 1.50 bits per heavy atom. The van der Waals surface area contributed by atoms with Crippen molar-refractivity contribution in [3.8, 4) is 0 Å². The molecule has 2 aromatic rings. The zero-order chi connectivity index (χ0) is 10.3. The number of non-ortho nitro benzene ring substituents is 1. The van der Waals surface area contributed by atoms with Gasteiger partial charge in [0.1, 0.15) is 0 Å². The lowest BCUT2D eigenvalue weighted by Crippen LogP contribution is -1.86. The van der Waals surface area contributed by atoms with Gasteiger partial charge in [0.2, 0.25) is 0 Å². The Hall–Kier alpha value is -1.49. The molecule has 0 aliphatic carbocycles. The van der Waals surface area contributed by atoms with E-state index >= 15 is 0 Å². The Labute approximate surface area is 82.9 Å². The first-order valence-corrected chi connectivity index (χ1v) is 4.74. The maximum absolute atomic E-state index is 13.1. The summed E-state index contributed by atoms with van der Waals surface area (Å²) in [6.07, 6.45) is 0. The van der Waals surface area contributed by atoms with Gasteiger partial charge >= 0.3 is 0 Å². The summed E-state index contributed by atoms with van der Waals surface area (Å²) < 4.78 is 13.9. The highest BCUT2D eigenvalue weighted by Crippen LogP contribution is 2.31. The number of hydrogen-bond donors (Lipinski definition) is 0. The number of nitro benzene ring substituents is 1. The third-order valence-corrected chi connectivity index (χ3v) is 3.13. The molecule has 1 aromatic carbocycles. The number of aryl methyl sites for hydroxylation is 1. The van der Waals surface area contributed by atoms with E-state index in [9.17, 15) is 14.5 Å². The molecule has 0 radical (unpaired) electrons. The van der Waals surface area contributed by atoms with Crippen LogP contribution in [-0.4, -0.2) is 4.92 Å². The van der Waals surface area contributed by atoms with Crippen LogP contribution in [0.2, 0.25) is 0 Å². The second-order valence-corrected chi connectivity index (χ2v) is 3.94. The van der Waals surface area contributed by atoms with Crippen LogP contribution in [0.5, 0.6) is 0 Å². The van der Waals surface area contributed by atoms with E-state index in [2.05, 4.69) is 0 Å². The second kappa shape index (κ2) is 3.02. The van der Waals surface area contributed by atoms with Crippen molar-refractivity contribution in [2.45, 2.75) is 6.92 Å². The van der Waals surface area contributed by atoms with Crippen LogP contribution in [0.15, 0.2) is 18.2 Å². The van der Waals surface area contributed by atoms with Crippen LogP contribution in [0.25, 0.3) is 10.1 Å². The van der Waals surface area contributed by atoms with Gasteiger partial charge < -0.3 is 0 Å². The summed E-state index contributed by atoms with van der Waals surface area (Å²) in [5, 5.41) is 10.8. The smallest absolute Gasteiger partial charge is 0.258 e. The molecule has 0 atom stereocenters. The molecule has 14 heavy (non-hydrogen) atoms. The van der Waals surface area contributed by atoms with E-state index in [4.69, 9.17) is 0 Å². The van der Waals surface area contributed by atoms with Crippen LogP contribution in [-0.2, 0) is 0 Å². The van der Waals surface area contributed by atoms with Gasteiger partial charge in [0.25, 0.3) is 5.69 Å². The predicted octanol–water partition coefficient (Wildman–Crippen LogP) is 3.26. The first kappa shape index (κ1) is 9.08. The van der Waals surface area contributed by atoms with Crippen LogP contribution in [0.1, 0.15) is 5.56 Å². The first-order valence-electron chi connectivity index (χ1n) is 3.92. The highest BCUT2D eigenvalue weighted by Gasteiger charge is 2.12. The van der Waals surface area contributed by atoms with Crippen LogP contribution >= 0.6 is 11.3 Å². The van der Waals surface area contributed by atoms with E-state index in [1.54, 1.807) is 13.0 Å². The first-order chi connectivity index (χ1) is 6.59. The summed E-state index contributed by atoms with van der Waals surface area (Å²) in [6.45, 7) is 1.62. The highest BCUT2D eigenvalue weighted by atomic mass is 32.1. The lowest BCUT2D eigenvalue weighted by atomic mass is 10.2. The number of nitrogens with zero attached hydrogens (tertiary/aromatic N) is 1. The molecule has 0 spiro atoms. The Bertz CT molecular complexity index is 521. The molecule has 0 N–H and O–H groups in total. The quantitative estimate of drug-likeness (QED) is 0.536. The molecule has 0 aliphatic heterocycles. The van der Waals surface area contributed by atoms with Gasteiger partial charge in [-0.1, -0.05) is 0 Å². The van der Waals surface area contributed by atoms with Crippen molar-refractivity contribution >= 4 is 27.1 Å². The molecule has 1 aromatic heterocycles. The Morgan fingerprint density at radius 3 is 2.86 bits per heavy atom. The lowest BCUT2D eigenvalue weighted by Gasteiger charge is -1.92. The van der Waals surface area contributed by atoms with Gasteiger partial charge in [0, 0.05) is 27.8 Å². The molecule has 5 heteroatoms. The van der Waals surface area contributed by atoms with E-state index in [1.165, 1.54) is 12.1 Å². The molecule has 0 saturated carbocycles. The molecule has 0 saturated heterocycles. The molecule has 0 bridgehead atoms. The molecule has 72 valence electrons. The minimum atomic E-state index is -0.478. The highest BCUT2D eigenvalue weighted by molar-refractivity contribution is 7.17. The van der Waals surface area contributed by atoms with E-state index in [1.807, 2.05) is 0 Å². The van der Waals surface area contributed by atoms with Gasteiger partial charge in [-0.15, -0.1) is 11.3 Å². The normalized spacial score (nSPS) is 10.7. The van der Waals surface area contributed by atoms with Gasteiger partial charge in [-0.05, 0) is 13.0 Å². The lowest BCUT2D eigenvalue weighted by molar-refractivity contribution is -0.384. The number of halogens is 1. The van der Waals surface area contributed by atoms with Crippen LogP contribution in [0.3, 0.4) is 0 Å². The SMILES string of the molecule is Cc1c(F)sc2ccc([N+](=O)[O-])cc12. The zero-order valence-corrected chi connectivity index (χ0v) is 8.10. The topological polar surface area (TPSA) is 43.1 Å². The van der Waals surface area contributed by atoms with Gasteiger partial charge in [0.05, 0.1) is 4.92 Å². The fraction of sp³-hybridized carbons (Fsp3) is 0.111. The molecule has 0 unspecified atom stereocenters. The molecular formula is C9H6FNO2S. The summed E-state index contributed by atoms with van der Waals surface area (Å²) in [4.78, 5) is 10.0. The average Bonchev–Trinajstić information content (AvgIpc) is 2.43. The standard InChI is InChI=1S/C9H6FNO2S/c1-5-7-4-6(11(12)13)2-3-8(7)14-9(5)10/h2-4H,1H3. The van der Waals surface area contributed by atoms with Gasteiger partial charge in [0.15, 0.2) is 5.13 Å². The monoisotopic (exact) mass is 211 g/mol. The zero-order valence-electron chi connectivity index (χ0n) is 7.28. The van der Waals surface area contributed by atoms with Gasteiger partial charge in [-0.3, -0.25) is 10.1 Å². The van der Waals surface area contributed by atoms with Crippen LogP contribution in [0, 0.1) is 22.2 Å². The molecule has 0 fully saturated rings. The van der Waals surface area contributed by atoms with Crippen LogP contribution in [0.4, 0.5) is 10.1 Å². The van der Waals surface area contributed by atoms with Crippen molar-refractivity contribution < 1.29 is 9.31 Å². The largest absolute Gasteiger partial charge is 0.270 e. The minimum absolute atomic E-state index is 0.00148. The fourth-order valence-corrected chi connectivity index (χ4v) is 2.21. The molecule has 1 heterocycles. The summed E-state index contributed by atoms with van der Waals surface area (Å²) in [5.41, 5.74) is 0.479. The van der Waals surface area contributed by atoms with Crippen molar-refractivity contribution in [3.05, 3.63) is 39.0 Å². The van der Waals surface area contributed by atoms with E-state index in [0.717, 1.165) is 16.0 Å². The third kappa shape index (κ3) is 1.26. The predicted molar refractivity (Wildman–Crippen MR) is 53.2 cm³/mol. The number of nitro groups is 1. The summed E-state index contributed by atoms with van der Waals surface area (Å²) in [5.74, 6) is 0. The van der Waals surface area contributed by atoms with Gasteiger partial charge in [-0.25, -0.2) is 0 Å². The van der Waals surface area contributed by atoms with E-state index < -0.39 is 4.92 Å². The van der Waals surface area contributed by atoms with Crippen molar-refractivity contribution in [3.63, 3.8) is 0 Å². The number of benzene rings is 1. The molecule has 3 nitrogen and oxygen atoms in total. The van der Waals surface area contributed by atoms with E-state index in [-0.39, 0.29) is 10.8 Å². The average molecular weight is 211 g/mol. The Morgan fingerprint density at radius 2 is 2.21 bits per heavy atom. The van der Waals surface area contributed by atoms with Crippen molar-refractivity contribution in [2.75, 3.05) is 0 Å². The van der Waals surface area contributed by atoms with Crippen LogP contribution < -0.4 is 0 Å². The summed E-state index contributed by atoms with van der Waals surface area (Å²) >= 11 is 1.01. The maximum Gasteiger partial charge on any atom is 0.270 e. The number of fused-ring (bicyclic) bond motifs is 1. The Kier molecular flexibility index (Phi) is 1.96. The van der Waals surface area contributed by atoms with Crippen molar-refractivity contribution in [1.29, 1.82) is 0 Å². The van der Waals surface area contributed by atoms with E-state index in [0.29, 0.717) is 10.9 Å². The minimum Gasteiger partial charge on any atom is -0.258 e. The summed E-state index contributed by atoms with van der Waals surface area (Å²) in [7, 11) is 0.